The van der Waals surface area contributed by atoms with Crippen LogP contribution in [0, 0.1) is 0 Å². The van der Waals surface area contributed by atoms with Crippen LogP contribution in [0.25, 0.3) is 0 Å². The van der Waals surface area contributed by atoms with E-state index in [1.54, 1.807) is 0 Å². The summed E-state index contributed by atoms with van der Waals surface area (Å²) >= 11 is 0. The van der Waals surface area contributed by atoms with Crippen LogP contribution in [-0.4, -0.2) is 51.5 Å². The Bertz CT molecular complexity index is 238. The molecule has 1 aliphatic rings. The number of urea groups is 1. The summed E-state index contributed by atoms with van der Waals surface area (Å²) in [7, 11) is 1.24. The van der Waals surface area contributed by atoms with E-state index in [1.807, 2.05) is 0 Å². The molecule has 1 heterocycles. The Balaban J connectivity index is 3.04. The van der Waals surface area contributed by atoms with Crippen LogP contribution < -0.4 is 0 Å². The number of amides is 3. The Kier molecular flexibility index (Phi) is 1.81. The van der Waals surface area contributed by atoms with Crippen molar-refractivity contribution in [3.63, 3.8) is 0 Å². The highest BCUT2D eigenvalue weighted by molar-refractivity contribution is 6.05. The minimum Gasteiger partial charge on any atom is -0.376 e. The monoisotopic (exact) mass is 174 g/mol. The van der Waals surface area contributed by atoms with Gasteiger partial charge in [-0.2, -0.15) is 0 Å². The second-order valence-electron chi connectivity index (χ2n) is 2.74. The van der Waals surface area contributed by atoms with Crippen molar-refractivity contribution in [2.24, 2.45) is 0 Å². The first-order valence-electron chi connectivity index (χ1n) is 3.36. The van der Waals surface area contributed by atoms with E-state index in [0.29, 0.717) is 4.90 Å². The average molecular weight is 174 g/mol. The Morgan fingerprint density at radius 3 is 2.17 bits per heavy atom. The molecule has 6 nitrogen and oxygen atoms in total. The van der Waals surface area contributed by atoms with E-state index in [9.17, 15) is 14.7 Å². The number of carbonyl (C=O) groups excluding carboxylic acids is 2. The van der Waals surface area contributed by atoms with Gasteiger partial charge in [0.2, 0.25) is 5.72 Å². The van der Waals surface area contributed by atoms with Crippen molar-refractivity contribution in [3.05, 3.63) is 0 Å². The number of imide groups is 1. The van der Waals surface area contributed by atoms with Crippen LogP contribution in [0.2, 0.25) is 0 Å². The molecule has 3 amide bonds. The number of hydrogen-bond donors (Lipinski definition) is 2. The molecule has 1 rings (SSSR count). The molecule has 1 unspecified atom stereocenters. The fourth-order valence-corrected chi connectivity index (χ4v) is 1.09. The SMILES string of the molecule is CN1C(=O)N(CO)C(C)(O)C1=O. The number of hydrogen-bond acceptors (Lipinski definition) is 4. The summed E-state index contributed by atoms with van der Waals surface area (Å²) in [5, 5.41) is 18.1. The van der Waals surface area contributed by atoms with Crippen molar-refractivity contribution >= 4 is 11.9 Å². The maximum atomic E-state index is 11.1. The van der Waals surface area contributed by atoms with Crippen molar-refractivity contribution < 1.29 is 19.8 Å². The molecule has 0 radical (unpaired) electrons. The molecule has 0 saturated carbocycles. The molecule has 1 saturated heterocycles. The zero-order chi connectivity index (χ0) is 9.52. The Morgan fingerprint density at radius 2 is 2.00 bits per heavy atom. The van der Waals surface area contributed by atoms with Gasteiger partial charge in [0, 0.05) is 7.05 Å². The fraction of sp³-hybridized carbons (Fsp3) is 0.667. The van der Waals surface area contributed by atoms with Crippen molar-refractivity contribution in [2.75, 3.05) is 13.8 Å². The molecule has 0 spiro atoms. The normalized spacial score (nSPS) is 30.3. The molecule has 1 aliphatic heterocycles. The lowest BCUT2D eigenvalue weighted by molar-refractivity contribution is -0.153. The molecule has 0 bridgehead atoms. The Morgan fingerprint density at radius 1 is 1.50 bits per heavy atom. The Labute approximate surface area is 69.0 Å². The minimum atomic E-state index is -1.92. The summed E-state index contributed by atoms with van der Waals surface area (Å²) in [6.07, 6.45) is 0. The summed E-state index contributed by atoms with van der Waals surface area (Å²) in [6, 6.07) is -0.701. The highest BCUT2D eigenvalue weighted by Gasteiger charge is 2.51. The van der Waals surface area contributed by atoms with Crippen LogP contribution in [0.1, 0.15) is 6.92 Å². The van der Waals surface area contributed by atoms with Crippen LogP contribution >= 0.6 is 0 Å². The van der Waals surface area contributed by atoms with Gasteiger partial charge in [0.15, 0.2) is 0 Å². The third-order valence-electron chi connectivity index (χ3n) is 1.89. The molecule has 1 fully saturated rings. The zero-order valence-electron chi connectivity index (χ0n) is 6.81. The summed E-state index contributed by atoms with van der Waals surface area (Å²) in [6.45, 7) is 0.481. The second kappa shape index (κ2) is 2.43. The topological polar surface area (TPSA) is 81.1 Å². The van der Waals surface area contributed by atoms with Crippen molar-refractivity contribution in [2.45, 2.75) is 12.6 Å². The van der Waals surface area contributed by atoms with Gasteiger partial charge in [-0.15, -0.1) is 0 Å². The fourth-order valence-electron chi connectivity index (χ4n) is 1.09. The standard InChI is InChI=1S/C6H10N2O4/c1-6(12)4(10)7(2)5(11)8(6)3-9/h9,12H,3H2,1-2H3. The van der Waals surface area contributed by atoms with E-state index in [-0.39, 0.29) is 0 Å². The van der Waals surface area contributed by atoms with E-state index in [0.717, 1.165) is 11.8 Å². The minimum absolute atomic E-state index is 0.676. The molecular formula is C6H10N2O4. The van der Waals surface area contributed by atoms with Crippen molar-refractivity contribution in [3.8, 4) is 0 Å². The van der Waals surface area contributed by atoms with Crippen LogP contribution in [0.5, 0.6) is 0 Å². The van der Waals surface area contributed by atoms with Gasteiger partial charge in [-0.05, 0) is 6.92 Å². The molecular weight excluding hydrogens is 164 g/mol. The maximum absolute atomic E-state index is 11.1. The van der Waals surface area contributed by atoms with Gasteiger partial charge in [0.1, 0.15) is 6.73 Å². The van der Waals surface area contributed by atoms with E-state index < -0.39 is 24.4 Å². The number of rotatable bonds is 1. The molecule has 2 N–H and O–H groups in total. The van der Waals surface area contributed by atoms with E-state index in [4.69, 9.17) is 5.11 Å². The second-order valence-corrected chi connectivity index (χ2v) is 2.74. The lowest BCUT2D eigenvalue weighted by Crippen LogP contribution is -2.47. The average Bonchev–Trinajstić information content (AvgIpc) is 2.13. The first-order valence-corrected chi connectivity index (χ1v) is 3.36. The number of carbonyl (C=O) groups is 2. The van der Waals surface area contributed by atoms with Gasteiger partial charge < -0.3 is 10.2 Å². The molecule has 6 heteroatoms. The van der Waals surface area contributed by atoms with Gasteiger partial charge >= 0.3 is 6.03 Å². The number of aliphatic hydroxyl groups is 2. The smallest absolute Gasteiger partial charge is 0.331 e. The van der Waals surface area contributed by atoms with Gasteiger partial charge in [0.05, 0.1) is 0 Å². The van der Waals surface area contributed by atoms with Crippen molar-refractivity contribution in [1.29, 1.82) is 0 Å². The molecule has 1 atom stereocenters. The predicted octanol–water partition coefficient (Wildman–Crippen LogP) is -1.46. The van der Waals surface area contributed by atoms with E-state index in [2.05, 4.69) is 0 Å². The van der Waals surface area contributed by atoms with Crippen molar-refractivity contribution in [1.82, 2.24) is 9.80 Å². The van der Waals surface area contributed by atoms with Crippen LogP contribution in [-0.2, 0) is 4.79 Å². The molecule has 0 aromatic rings. The zero-order valence-corrected chi connectivity index (χ0v) is 6.81. The van der Waals surface area contributed by atoms with E-state index in [1.165, 1.54) is 7.05 Å². The van der Waals surface area contributed by atoms with Gasteiger partial charge in [-0.25, -0.2) is 4.79 Å². The van der Waals surface area contributed by atoms with Gasteiger partial charge in [-0.1, -0.05) is 0 Å². The largest absolute Gasteiger partial charge is 0.376 e. The lowest BCUT2D eigenvalue weighted by atomic mass is 10.2. The first-order chi connectivity index (χ1) is 5.42. The van der Waals surface area contributed by atoms with Gasteiger partial charge in [0.25, 0.3) is 5.91 Å². The first kappa shape index (κ1) is 8.95. The van der Waals surface area contributed by atoms with Crippen LogP contribution in [0.3, 0.4) is 0 Å². The summed E-state index contributed by atoms with van der Waals surface area (Å²) in [5.74, 6) is -0.735. The number of likely N-dealkylation sites (N-methyl/N-ethyl adjacent to an activating group) is 1. The molecule has 0 aliphatic carbocycles. The van der Waals surface area contributed by atoms with Crippen LogP contribution in [0.15, 0.2) is 0 Å². The number of nitrogens with zero attached hydrogens (tertiary/aromatic N) is 2. The lowest BCUT2D eigenvalue weighted by Gasteiger charge is -2.23. The molecule has 12 heavy (non-hydrogen) atoms. The molecule has 0 aromatic heterocycles. The summed E-state index contributed by atoms with van der Waals surface area (Å²) < 4.78 is 0. The highest BCUT2D eigenvalue weighted by atomic mass is 16.4. The van der Waals surface area contributed by atoms with Crippen LogP contribution in [0.4, 0.5) is 4.79 Å². The van der Waals surface area contributed by atoms with E-state index >= 15 is 0 Å². The molecule has 0 aromatic carbocycles. The summed E-state index contributed by atoms with van der Waals surface area (Å²) in [4.78, 5) is 23.6. The molecule has 68 valence electrons. The quantitative estimate of drug-likeness (QED) is 0.476. The highest BCUT2D eigenvalue weighted by Crippen LogP contribution is 2.22. The number of aliphatic hydroxyl groups excluding tert-OH is 1. The maximum Gasteiger partial charge on any atom is 0.331 e. The summed E-state index contributed by atoms with van der Waals surface area (Å²) in [5.41, 5.74) is -1.92. The Hall–Kier alpha value is -1.14. The third kappa shape index (κ3) is 0.886. The van der Waals surface area contributed by atoms with Gasteiger partial charge in [-0.3, -0.25) is 14.6 Å². The third-order valence-corrected chi connectivity index (χ3v) is 1.89. The predicted molar refractivity (Wildman–Crippen MR) is 37.7 cm³/mol.